The van der Waals surface area contributed by atoms with E-state index in [-0.39, 0.29) is 12.0 Å². The molecule has 0 aromatic carbocycles. The number of hydrogen-bond acceptors (Lipinski definition) is 3. The van der Waals surface area contributed by atoms with Crippen LogP contribution in [0.5, 0.6) is 0 Å². The Bertz CT molecular complexity index is 227. The number of carbonyl (C=O) groups excluding carboxylic acids is 1. The fourth-order valence-corrected chi connectivity index (χ4v) is 2.42. The Balaban J connectivity index is 1.76. The maximum absolute atomic E-state index is 11.9. The average Bonchev–Trinajstić information content (AvgIpc) is 2.86. The second-order valence-electron chi connectivity index (χ2n) is 4.48. The molecule has 15 heavy (non-hydrogen) atoms. The lowest BCUT2D eigenvalue weighted by atomic mass is 10.1. The van der Waals surface area contributed by atoms with Crippen LogP contribution in [0.1, 0.15) is 25.7 Å². The maximum Gasteiger partial charge on any atom is 0.224 e. The summed E-state index contributed by atoms with van der Waals surface area (Å²) in [6.07, 6.45) is 4.26. The van der Waals surface area contributed by atoms with Crippen molar-refractivity contribution in [2.45, 2.75) is 37.8 Å². The van der Waals surface area contributed by atoms with E-state index in [1.807, 2.05) is 4.90 Å². The van der Waals surface area contributed by atoms with Gasteiger partial charge in [0.1, 0.15) is 0 Å². The number of amides is 1. The van der Waals surface area contributed by atoms with E-state index in [9.17, 15) is 4.79 Å². The molecule has 1 unspecified atom stereocenters. The molecule has 2 saturated heterocycles. The lowest BCUT2D eigenvalue weighted by molar-refractivity contribution is -0.131. The van der Waals surface area contributed by atoms with Crippen molar-refractivity contribution >= 4 is 5.91 Å². The van der Waals surface area contributed by atoms with E-state index < -0.39 is 0 Å². The Morgan fingerprint density at radius 2 is 2.40 bits per heavy atom. The number of hydrogen-bond donors (Lipinski definition) is 1. The van der Waals surface area contributed by atoms with E-state index in [0.29, 0.717) is 12.5 Å². The van der Waals surface area contributed by atoms with Crippen molar-refractivity contribution in [3.63, 3.8) is 0 Å². The molecule has 2 fully saturated rings. The lowest BCUT2D eigenvalue weighted by Gasteiger charge is -2.18. The zero-order valence-electron chi connectivity index (χ0n) is 9.37. The van der Waals surface area contributed by atoms with Crippen LogP contribution in [0, 0.1) is 0 Å². The number of carbonyl (C=O) groups is 1. The molecule has 2 atom stereocenters. The van der Waals surface area contributed by atoms with Gasteiger partial charge in [0.25, 0.3) is 0 Å². The molecular weight excluding hydrogens is 192 g/mol. The minimum Gasteiger partial charge on any atom is -0.380 e. The SMILES string of the molecule is CO[C@H]1CCN(C(=O)CC2CCCN2)C1. The van der Waals surface area contributed by atoms with Crippen molar-refractivity contribution < 1.29 is 9.53 Å². The molecule has 4 nitrogen and oxygen atoms in total. The molecule has 1 N–H and O–H groups in total. The smallest absolute Gasteiger partial charge is 0.224 e. The van der Waals surface area contributed by atoms with E-state index in [1.165, 1.54) is 6.42 Å². The zero-order chi connectivity index (χ0) is 10.7. The molecule has 2 rings (SSSR count). The van der Waals surface area contributed by atoms with Crippen molar-refractivity contribution in [3.05, 3.63) is 0 Å². The number of likely N-dealkylation sites (tertiary alicyclic amines) is 1. The van der Waals surface area contributed by atoms with Crippen LogP contribution < -0.4 is 5.32 Å². The van der Waals surface area contributed by atoms with Crippen molar-refractivity contribution in [2.75, 3.05) is 26.7 Å². The number of ether oxygens (including phenoxy) is 1. The molecule has 2 aliphatic rings. The van der Waals surface area contributed by atoms with Crippen LogP contribution in [0.25, 0.3) is 0 Å². The molecule has 0 aromatic rings. The van der Waals surface area contributed by atoms with Gasteiger partial charge in [-0.3, -0.25) is 4.79 Å². The molecule has 2 aliphatic heterocycles. The predicted molar refractivity (Wildman–Crippen MR) is 57.6 cm³/mol. The van der Waals surface area contributed by atoms with Crippen LogP contribution >= 0.6 is 0 Å². The molecule has 86 valence electrons. The molecule has 0 spiro atoms. The third-order valence-corrected chi connectivity index (χ3v) is 3.41. The van der Waals surface area contributed by atoms with Gasteiger partial charge in [-0.2, -0.15) is 0 Å². The first-order valence-corrected chi connectivity index (χ1v) is 5.83. The van der Waals surface area contributed by atoms with Crippen molar-refractivity contribution in [2.24, 2.45) is 0 Å². The molecule has 0 aromatic heterocycles. The summed E-state index contributed by atoms with van der Waals surface area (Å²) in [5.74, 6) is 0.286. The molecule has 4 heteroatoms. The van der Waals surface area contributed by atoms with Crippen LogP contribution in [0.3, 0.4) is 0 Å². The summed E-state index contributed by atoms with van der Waals surface area (Å²) in [6, 6.07) is 0.416. The van der Waals surface area contributed by atoms with Crippen molar-refractivity contribution in [1.82, 2.24) is 10.2 Å². The highest BCUT2D eigenvalue weighted by Crippen LogP contribution is 2.16. The standard InChI is InChI=1S/C11H20N2O2/c1-15-10-4-6-13(8-10)11(14)7-9-3-2-5-12-9/h9-10,12H,2-8H2,1H3/t9?,10-/m0/s1. The predicted octanol–water partition coefficient (Wildman–Crippen LogP) is 0.376. The molecule has 0 saturated carbocycles. The van der Waals surface area contributed by atoms with Gasteiger partial charge in [0.15, 0.2) is 0 Å². The molecule has 0 radical (unpaired) electrons. The van der Waals surface area contributed by atoms with E-state index in [0.717, 1.165) is 32.5 Å². The van der Waals surface area contributed by atoms with Gasteiger partial charge >= 0.3 is 0 Å². The van der Waals surface area contributed by atoms with Gasteiger partial charge in [0.05, 0.1) is 6.10 Å². The Hall–Kier alpha value is -0.610. The summed E-state index contributed by atoms with van der Waals surface area (Å²) in [5, 5.41) is 3.36. The van der Waals surface area contributed by atoms with Gasteiger partial charge in [-0.05, 0) is 25.8 Å². The van der Waals surface area contributed by atoms with Gasteiger partial charge < -0.3 is 15.0 Å². The summed E-state index contributed by atoms with van der Waals surface area (Å²) in [6.45, 7) is 2.71. The summed E-state index contributed by atoms with van der Waals surface area (Å²) in [4.78, 5) is 13.8. The highest BCUT2D eigenvalue weighted by molar-refractivity contribution is 5.77. The normalized spacial score (nSPS) is 31.1. The fraction of sp³-hybridized carbons (Fsp3) is 0.909. The Morgan fingerprint density at radius 1 is 1.53 bits per heavy atom. The van der Waals surface area contributed by atoms with Gasteiger partial charge in [-0.1, -0.05) is 0 Å². The molecular formula is C11H20N2O2. The van der Waals surface area contributed by atoms with E-state index in [2.05, 4.69) is 5.32 Å². The lowest BCUT2D eigenvalue weighted by Crippen LogP contribution is -2.35. The zero-order valence-corrected chi connectivity index (χ0v) is 9.37. The highest BCUT2D eigenvalue weighted by Gasteiger charge is 2.28. The summed E-state index contributed by atoms with van der Waals surface area (Å²) in [7, 11) is 1.72. The summed E-state index contributed by atoms with van der Waals surface area (Å²) in [5.41, 5.74) is 0. The molecule has 0 bridgehead atoms. The first-order chi connectivity index (χ1) is 7.29. The van der Waals surface area contributed by atoms with Gasteiger partial charge in [0, 0.05) is 32.7 Å². The van der Waals surface area contributed by atoms with E-state index in [4.69, 9.17) is 4.74 Å². The minimum absolute atomic E-state index is 0.255. The Morgan fingerprint density at radius 3 is 3.00 bits per heavy atom. The van der Waals surface area contributed by atoms with E-state index >= 15 is 0 Å². The summed E-state index contributed by atoms with van der Waals surface area (Å²) < 4.78 is 5.25. The quantitative estimate of drug-likeness (QED) is 0.735. The maximum atomic E-state index is 11.9. The monoisotopic (exact) mass is 212 g/mol. The van der Waals surface area contributed by atoms with Gasteiger partial charge in [0.2, 0.25) is 5.91 Å². The van der Waals surface area contributed by atoms with E-state index in [1.54, 1.807) is 7.11 Å². The van der Waals surface area contributed by atoms with Crippen LogP contribution in [0.15, 0.2) is 0 Å². The Kier molecular flexibility index (Phi) is 3.59. The van der Waals surface area contributed by atoms with Crippen LogP contribution in [-0.4, -0.2) is 49.7 Å². The van der Waals surface area contributed by atoms with Crippen LogP contribution in [0.2, 0.25) is 0 Å². The second-order valence-corrected chi connectivity index (χ2v) is 4.48. The number of nitrogens with zero attached hydrogens (tertiary/aromatic N) is 1. The fourth-order valence-electron chi connectivity index (χ4n) is 2.42. The average molecular weight is 212 g/mol. The number of rotatable bonds is 3. The first-order valence-electron chi connectivity index (χ1n) is 5.83. The van der Waals surface area contributed by atoms with Crippen molar-refractivity contribution in [3.8, 4) is 0 Å². The third-order valence-electron chi connectivity index (χ3n) is 3.41. The second kappa shape index (κ2) is 4.94. The largest absolute Gasteiger partial charge is 0.380 e. The van der Waals surface area contributed by atoms with Gasteiger partial charge in [-0.25, -0.2) is 0 Å². The van der Waals surface area contributed by atoms with Gasteiger partial charge in [-0.15, -0.1) is 0 Å². The molecule has 1 amide bonds. The number of methoxy groups -OCH3 is 1. The highest BCUT2D eigenvalue weighted by atomic mass is 16.5. The molecule has 0 aliphatic carbocycles. The molecule has 2 heterocycles. The minimum atomic E-state index is 0.255. The number of nitrogens with one attached hydrogen (secondary N) is 1. The van der Waals surface area contributed by atoms with Crippen LogP contribution in [0.4, 0.5) is 0 Å². The summed E-state index contributed by atoms with van der Waals surface area (Å²) >= 11 is 0. The van der Waals surface area contributed by atoms with Crippen LogP contribution in [-0.2, 0) is 9.53 Å². The first kappa shape index (κ1) is 10.9. The van der Waals surface area contributed by atoms with Crippen molar-refractivity contribution in [1.29, 1.82) is 0 Å². The third kappa shape index (κ3) is 2.69. The Labute approximate surface area is 91.0 Å². The topological polar surface area (TPSA) is 41.6 Å².